The summed E-state index contributed by atoms with van der Waals surface area (Å²) < 4.78 is 58.8. The fraction of sp³-hybridized carbons (Fsp3) is 0.667. The number of ketones is 1. The lowest BCUT2D eigenvalue weighted by atomic mass is 9.91. The first kappa shape index (κ1) is 26.3. The van der Waals surface area contributed by atoms with Gasteiger partial charge in [0.2, 0.25) is 0 Å². The standard InChI is InChI=1S/C24H33F3O5/c1-4-6-8-13-20-21(15-14-19(31-20)16-18(28)5-2)32-22(29)23(30-3,24(25,26)27)17-11-9-7-10-12-17/h7,9-12,19-21H,4-6,8,13-16H2,1-3H3/t19-,20-,21+,23-/m1/s1. The highest BCUT2D eigenvalue weighted by Crippen LogP contribution is 2.44. The minimum absolute atomic E-state index is 0.0669. The molecule has 180 valence electrons. The summed E-state index contributed by atoms with van der Waals surface area (Å²) in [6, 6.07) is 6.77. The number of halogens is 3. The summed E-state index contributed by atoms with van der Waals surface area (Å²) in [6.45, 7) is 3.82. The van der Waals surface area contributed by atoms with E-state index in [1.54, 1.807) is 13.0 Å². The number of rotatable bonds is 11. The van der Waals surface area contributed by atoms with Gasteiger partial charge in [0, 0.05) is 25.5 Å². The molecule has 8 heteroatoms. The number of esters is 1. The third-order valence-electron chi connectivity index (χ3n) is 5.93. The molecule has 1 fully saturated rings. The number of hydrogen-bond acceptors (Lipinski definition) is 5. The third kappa shape index (κ3) is 6.10. The molecule has 0 spiro atoms. The molecule has 2 rings (SSSR count). The topological polar surface area (TPSA) is 61.8 Å². The van der Waals surface area contributed by atoms with Crippen LogP contribution in [-0.2, 0) is 29.4 Å². The van der Waals surface area contributed by atoms with Crippen LogP contribution in [-0.4, -0.2) is 43.4 Å². The zero-order chi connectivity index (χ0) is 23.8. The molecular formula is C24H33F3O5. The maximum absolute atomic E-state index is 14.2. The summed E-state index contributed by atoms with van der Waals surface area (Å²) in [5, 5.41) is 0. The molecule has 0 unspecified atom stereocenters. The van der Waals surface area contributed by atoms with Crippen LogP contribution in [0.5, 0.6) is 0 Å². The van der Waals surface area contributed by atoms with Crippen LogP contribution in [0.2, 0.25) is 0 Å². The monoisotopic (exact) mass is 458 g/mol. The highest BCUT2D eigenvalue weighted by Gasteiger charge is 2.64. The molecule has 0 bridgehead atoms. The zero-order valence-electron chi connectivity index (χ0n) is 19.0. The number of carbonyl (C=O) groups is 2. The summed E-state index contributed by atoms with van der Waals surface area (Å²) >= 11 is 0. The molecule has 0 N–H and O–H groups in total. The number of ether oxygens (including phenoxy) is 3. The molecule has 1 aromatic rings. The van der Waals surface area contributed by atoms with E-state index in [0.717, 1.165) is 26.4 Å². The van der Waals surface area contributed by atoms with E-state index in [9.17, 15) is 22.8 Å². The van der Waals surface area contributed by atoms with E-state index in [2.05, 4.69) is 0 Å². The Kier molecular flexibility index (Phi) is 9.70. The van der Waals surface area contributed by atoms with Crippen molar-refractivity contribution in [3.8, 4) is 0 Å². The Labute approximate surface area is 187 Å². The molecule has 0 saturated carbocycles. The molecule has 1 heterocycles. The van der Waals surface area contributed by atoms with Gasteiger partial charge in [0.05, 0.1) is 12.2 Å². The predicted octanol–water partition coefficient (Wildman–Crippen LogP) is 5.50. The lowest BCUT2D eigenvalue weighted by Gasteiger charge is -2.39. The SMILES string of the molecule is CCCCC[C@H]1O[C@@H](CC(=O)CC)CC[C@@H]1OC(=O)[C@](OC)(c1ccccc1)C(F)(F)F. The molecule has 1 saturated heterocycles. The third-order valence-corrected chi connectivity index (χ3v) is 5.93. The molecule has 0 aromatic heterocycles. The summed E-state index contributed by atoms with van der Waals surface area (Å²) in [4.78, 5) is 24.9. The number of hydrogen-bond donors (Lipinski definition) is 0. The second kappa shape index (κ2) is 11.8. The second-order valence-electron chi connectivity index (χ2n) is 8.16. The Morgan fingerprint density at radius 2 is 1.78 bits per heavy atom. The van der Waals surface area contributed by atoms with Crippen molar-refractivity contribution < 1.29 is 37.0 Å². The number of methoxy groups -OCH3 is 1. The summed E-state index contributed by atoms with van der Waals surface area (Å²) in [5.41, 5.74) is -3.57. The minimum atomic E-state index is -5.02. The van der Waals surface area contributed by atoms with Gasteiger partial charge in [-0.05, 0) is 19.3 Å². The zero-order valence-corrected chi connectivity index (χ0v) is 19.0. The number of unbranched alkanes of at least 4 members (excludes halogenated alkanes) is 2. The van der Waals surface area contributed by atoms with E-state index in [-0.39, 0.29) is 23.9 Å². The van der Waals surface area contributed by atoms with Crippen molar-refractivity contribution in [1.29, 1.82) is 0 Å². The van der Waals surface area contributed by atoms with Crippen LogP contribution in [0.4, 0.5) is 13.2 Å². The Balaban J connectivity index is 2.25. The average molecular weight is 459 g/mol. The Hall–Kier alpha value is -1.93. The minimum Gasteiger partial charge on any atom is -0.457 e. The van der Waals surface area contributed by atoms with Crippen molar-refractivity contribution in [3.05, 3.63) is 35.9 Å². The van der Waals surface area contributed by atoms with Crippen LogP contribution in [0.1, 0.15) is 70.8 Å². The molecule has 0 aliphatic carbocycles. The number of Topliss-reactive ketones (excluding diaryl/α,β-unsaturated/α-hetero) is 1. The normalized spacial score (nSPS) is 23.4. The smallest absolute Gasteiger partial charge is 0.432 e. The fourth-order valence-electron chi connectivity index (χ4n) is 4.08. The van der Waals surface area contributed by atoms with E-state index in [4.69, 9.17) is 14.2 Å². The van der Waals surface area contributed by atoms with Gasteiger partial charge < -0.3 is 14.2 Å². The van der Waals surface area contributed by atoms with Crippen molar-refractivity contribution >= 4 is 11.8 Å². The maximum atomic E-state index is 14.2. The first-order chi connectivity index (χ1) is 15.2. The largest absolute Gasteiger partial charge is 0.457 e. The number of carbonyl (C=O) groups excluding carboxylic acids is 2. The van der Waals surface area contributed by atoms with E-state index < -0.39 is 30.0 Å². The van der Waals surface area contributed by atoms with Gasteiger partial charge in [-0.2, -0.15) is 13.2 Å². The van der Waals surface area contributed by atoms with Crippen LogP contribution >= 0.6 is 0 Å². The van der Waals surface area contributed by atoms with Gasteiger partial charge in [-0.1, -0.05) is 63.4 Å². The van der Waals surface area contributed by atoms with Gasteiger partial charge in [-0.3, -0.25) is 4.79 Å². The molecule has 4 atom stereocenters. The summed E-state index contributed by atoms with van der Waals surface area (Å²) in [6.07, 6.45) is -2.10. The van der Waals surface area contributed by atoms with Gasteiger partial charge in [-0.15, -0.1) is 0 Å². The molecular weight excluding hydrogens is 425 g/mol. The Morgan fingerprint density at radius 1 is 1.09 bits per heavy atom. The van der Waals surface area contributed by atoms with Crippen molar-refractivity contribution in [2.45, 2.75) is 95.3 Å². The van der Waals surface area contributed by atoms with Crippen LogP contribution in [0.25, 0.3) is 0 Å². The summed E-state index contributed by atoms with van der Waals surface area (Å²) in [5.74, 6) is -1.44. The average Bonchev–Trinajstić information content (AvgIpc) is 2.76. The van der Waals surface area contributed by atoms with E-state index in [1.807, 2.05) is 6.92 Å². The first-order valence-corrected chi connectivity index (χ1v) is 11.2. The molecule has 5 nitrogen and oxygen atoms in total. The van der Waals surface area contributed by atoms with Crippen molar-refractivity contribution in [2.24, 2.45) is 0 Å². The number of alkyl halides is 3. The van der Waals surface area contributed by atoms with Gasteiger partial charge in [0.25, 0.3) is 5.60 Å². The van der Waals surface area contributed by atoms with Gasteiger partial charge in [-0.25, -0.2) is 4.79 Å². The van der Waals surface area contributed by atoms with Crippen LogP contribution in [0, 0.1) is 0 Å². The van der Waals surface area contributed by atoms with Crippen LogP contribution < -0.4 is 0 Å². The Bertz CT molecular complexity index is 737. The highest BCUT2D eigenvalue weighted by atomic mass is 19.4. The van der Waals surface area contributed by atoms with Crippen molar-refractivity contribution in [2.75, 3.05) is 7.11 Å². The lowest BCUT2D eigenvalue weighted by molar-refractivity contribution is -0.281. The maximum Gasteiger partial charge on any atom is 0.432 e. The molecule has 1 aliphatic rings. The molecule has 0 amide bonds. The molecule has 1 aliphatic heterocycles. The van der Waals surface area contributed by atoms with E-state index in [1.165, 1.54) is 24.3 Å². The van der Waals surface area contributed by atoms with Crippen LogP contribution in [0.15, 0.2) is 30.3 Å². The Morgan fingerprint density at radius 3 is 2.34 bits per heavy atom. The van der Waals surface area contributed by atoms with Crippen molar-refractivity contribution in [3.63, 3.8) is 0 Å². The van der Waals surface area contributed by atoms with E-state index >= 15 is 0 Å². The predicted molar refractivity (Wildman–Crippen MR) is 113 cm³/mol. The quantitative estimate of drug-likeness (QED) is 0.324. The van der Waals surface area contributed by atoms with Crippen LogP contribution in [0.3, 0.4) is 0 Å². The fourth-order valence-corrected chi connectivity index (χ4v) is 4.08. The van der Waals surface area contributed by atoms with Gasteiger partial charge in [0.15, 0.2) is 0 Å². The molecule has 32 heavy (non-hydrogen) atoms. The molecule has 0 radical (unpaired) electrons. The van der Waals surface area contributed by atoms with E-state index in [0.29, 0.717) is 25.7 Å². The lowest BCUT2D eigenvalue weighted by Crippen LogP contribution is -2.54. The summed E-state index contributed by atoms with van der Waals surface area (Å²) in [7, 11) is 0.851. The molecule has 1 aromatic carbocycles. The number of benzene rings is 1. The first-order valence-electron chi connectivity index (χ1n) is 11.2. The second-order valence-corrected chi connectivity index (χ2v) is 8.16. The van der Waals surface area contributed by atoms with Gasteiger partial charge >= 0.3 is 12.1 Å². The highest BCUT2D eigenvalue weighted by molar-refractivity contribution is 5.83. The van der Waals surface area contributed by atoms with Gasteiger partial charge in [0.1, 0.15) is 11.9 Å². The van der Waals surface area contributed by atoms with Crippen molar-refractivity contribution in [1.82, 2.24) is 0 Å².